The predicted molar refractivity (Wildman–Crippen MR) is 106 cm³/mol. The Morgan fingerprint density at radius 3 is 2.37 bits per heavy atom. The molecule has 4 fully saturated rings. The van der Waals surface area contributed by atoms with Gasteiger partial charge in [-0.2, -0.15) is 0 Å². The number of halogens is 1. The number of carbonyl (C=O) groups is 1. The molecule has 0 saturated heterocycles. The first-order chi connectivity index (χ1) is 13.1. The van der Waals surface area contributed by atoms with Gasteiger partial charge in [0.25, 0.3) is 0 Å². The van der Waals surface area contributed by atoms with Crippen LogP contribution in [0.5, 0.6) is 0 Å². The lowest BCUT2D eigenvalue weighted by atomic mass is 9.45. The molecule has 1 aromatic heterocycles. The summed E-state index contributed by atoms with van der Waals surface area (Å²) in [6.07, 6.45) is 9.28. The smallest absolute Gasteiger partial charge is 0.226 e. The van der Waals surface area contributed by atoms with E-state index in [4.69, 9.17) is 11.6 Å². The van der Waals surface area contributed by atoms with E-state index in [-0.39, 0.29) is 11.3 Å². The molecule has 0 aliphatic heterocycles. The van der Waals surface area contributed by atoms with Crippen molar-refractivity contribution in [3.8, 4) is 0 Å². The maximum atomic E-state index is 13.2. The van der Waals surface area contributed by atoms with E-state index in [1.807, 2.05) is 24.3 Å². The number of carbonyl (C=O) groups excluding carboxylic acids is 1. The van der Waals surface area contributed by atoms with Gasteiger partial charge in [-0.05, 0) is 91.2 Å². The third-order valence-electron chi connectivity index (χ3n) is 7.21. The van der Waals surface area contributed by atoms with E-state index in [9.17, 15) is 4.79 Å². The molecule has 4 saturated carbocycles. The average molecular weight is 381 g/mol. The Labute approximate surface area is 165 Å². The number of hydrogen-bond acceptors (Lipinski definition) is 2. The lowest BCUT2D eigenvalue weighted by Crippen LogP contribution is -2.55. The molecule has 4 heteroatoms. The van der Waals surface area contributed by atoms with Crippen LogP contribution in [0.3, 0.4) is 0 Å². The summed E-state index contributed by atoms with van der Waals surface area (Å²) in [7, 11) is 0. The highest BCUT2D eigenvalue weighted by molar-refractivity contribution is 6.30. The molecule has 140 valence electrons. The van der Waals surface area contributed by atoms with Gasteiger partial charge in [-0.15, -0.1) is 0 Å². The van der Waals surface area contributed by atoms with Crippen molar-refractivity contribution in [1.29, 1.82) is 0 Å². The van der Waals surface area contributed by atoms with E-state index in [1.54, 1.807) is 12.4 Å². The molecule has 4 aliphatic rings. The molecule has 4 aliphatic carbocycles. The highest BCUT2D eigenvalue weighted by atomic mass is 35.5. The second kappa shape index (κ2) is 6.63. The van der Waals surface area contributed by atoms with Gasteiger partial charge in [0.1, 0.15) is 0 Å². The van der Waals surface area contributed by atoms with E-state index in [1.165, 1.54) is 18.4 Å². The summed E-state index contributed by atoms with van der Waals surface area (Å²) in [5, 5.41) is 4.03. The summed E-state index contributed by atoms with van der Waals surface area (Å²) < 4.78 is 0. The monoisotopic (exact) mass is 380 g/mol. The SMILES string of the molecule is O=C(NCc1ccncc1)C12CC3CC(C1)C(c1ccc(Cl)cc1)C(C3)C2. The van der Waals surface area contributed by atoms with Crippen LogP contribution in [0, 0.1) is 23.2 Å². The third-order valence-corrected chi connectivity index (χ3v) is 7.46. The van der Waals surface area contributed by atoms with E-state index in [2.05, 4.69) is 22.4 Å². The molecule has 2 atom stereocenters. The number of nitrogens with zero attached hydrogens (tertiary/aromatic N) is 1. The number of benzene rings is 1. The van der Waals surface area contributed by atoms with Crippen molar-refractivity contribution >= 4 is 17.5 Å². The van der Waals surface area contributed by atoms with Crippen LogP contribution >= 0.6 is 11.6 Å². The first kappa shape index (κ1) is 17.2. The van der Waals surface area contributed by atoms with Crippen LogP contribution < -0.4 is 5.32 Å². The Hall–Kier alpha value is -1.87. The molecule has 27 heavy (non-hydrogen) atoms. The zero-order chi connectivity index (χ0) is 18.4. The fraction of sp³-hybridized carbons (Fsp3) is 0.478. The highest BCUT2D eigenvalue weighted by Crippen LogP contribution is 2.64. The van der Waals surface area contributed by atoms with Crippen LogP contribution in [-0.2, 0) is 11.3 Å². The Balaban J connectivity index is 1.34. The minimum absolute atomic E-state index is 0.146. The van der Waals surface area contributed by atoms with Crippen molar-refractivity contribution in [2.45, 2.75) is 44.6 Å². The van der Waals surface area contributed by atoms with Crippen molar-refractivity contribution in [1.82, 2.24) is 10.3 Å². The zero-order valence-corrected chi connectivity index (χ0v) is 16.2. The number of nitrogens with one attached hydrogen (secondary N) is 1. The molecular weight excluding hydrogens is 356 g/mol. The highest BCUT2D eigenvalue weighted by Gasteiger charge is 2.58. The van der Waals surface area contributed by atoms with Crippen molar-refractivity contribution in [2.75, 3.05) is 0 Å². The van der Waals surface area contributed by atoms with Gasteiger partial charge in [0, 0.05) is 24.0 Å². The molecule has 1 aromatic carbocycles. The number of amides is 1. The third kappa shape index (κ3) is 3.06. The normalized spacial score (nSPS) is 33.8. The Kier molecular flexibility index (Phi) is 4.23. The molecule has 1 amide bonds. The van der Waals surface area contributed by atoms with E-state index >= 15 is 0 Å². The first-order valence-corrected chi connectivity index (χ1v) is 10.4. The number of pyridine rings is 1. The number of hydrogen-bond donors (Lipinski definition) is 1. The average Bonchev–Trinajstić information content (AvgIpc) is 2.67. The summed E-state index contributed by atoms with van der Waals surface area (Å²) in [4.78, 5) is 17.3. The largest absolute Gasteiger partial charge is 0.352 e. The number of rotatable bonds is 4. The maximum Gasteiger partial charge on any atom is 0.226 e. The summed E-state index contributed by atoms with van der Waals surface area (Å²) >= 11 is 6.09. The van der Waals surface area contributed by atoms with Crippen LogP contribution in [0.1, 0.15) is 49.1 Å². The molecule has 0 spiro atoms. The van der Waals surface area contributed by atoms with E-state index in [0.29, 0.717) is 24.3 Å². The molecule has 1 N–H and O–H groups in total. The van der Waals surface area contributed by atoms with Crippen LogP contribution in [0.2, 0.25) is 5.02 Å². The Bertz CT molecular complexity index is 819. The number of aromatic nitrogens is 1. The van der Waals surface area contributed by atoms with Gasteiger partial charge < -0.3 is 5.32 Å². The summed E-state index contributed by atoms with van der Waals surface area (Å²) in [6.45, 7) is 0.601. The van der Waals surface area contributed by atoms with Gasteiger partial charge in [0.2, 0.25) is 5.91 Å². The van der Waals surface area contributed by atoms with Crippen molar-refractivity contribution in [3.05, 3.63) is 64.9 Å². The maximum absolute atomic E-state index is 13.2. The fourth-order valence-electron chi connectivity index (χ4n) is 6.40. The first-order valence-electron chi connectivity index (χ1n) is 10.1. The lowest BCUT2D eigenvalue weighted by molar-refractivity contribution is -0.148. The van der Waals surface area contributed by atoms with E-state index in [0.717, 1.165) is 35.8 Å². The summed E-state index contributed by atoms with van der Waals surface area (Å²) in [6, 6.07) is 12.4. The van der Waals surface area contributed by atoms with Crippen LogP contribution in [0.4, 0.5) is 0 Å². The second-order valence-corrected chi connectivity index (χ2v) is 9.30. The van der Waals surface area contributed by atoms with Crippen LogP contribution in [-0.4, -0.2) is 10.9 Å². The fourth-order valence-corrected chi connectivity index (χ4v) is 6.53. The molecule has 2 unspecified atom stereocenters. The molecule has 6 rings (SSSR count). The topological polar surface area (TPSA) is 42.0 Å². The Morgan fingerprint density at radius 1 is 1.04 bits per heavy atom. The lowest BCUT2D eigenvalue weighted by Gasteiger charge is -2.59. The van der Waals surface area contributed by atoms with Crippen molar-refractivity contribution in [2.24, 2.45) is 23.2 Å². The summed E-state index contributed by atoms with van der Waals surface area (Å²) in [5.41, 5.74) is 2.38. The van der Waals surface area contributed by atoms with Gasteiger partial charge in [0.15, 0.2) is 0 Å². The van der Waals surface area contributed by atoms with Gasteiger partial charge in [-0.3, -0.25) is 9.78 Å². The van der Waals surface area contributed by atoms with Crippen LogP contribution in [0.25, 0.3) is 0 Å². The van der Waals surface area contributed by atoms with Crippen LogP contribution in [0.15, 0.2) is 48.8 Å². The molecule has 3 nitrogen and oxygen atoms in total. The minimum Gasteiger partial charge on any atom is -0.352 e. The summed E-state index contributed by atoms with van der Waals surface area (Å²) in [5.74, 6) is 2.85. The quantitative estimate of drug-likeness (QED) is 0.814. The molecule has 0 radical (unpaired) electrons. The predicted octanol–water partition coefficient (Wildman–Crippen LogP) is 4.96. The minimum atomic E-state index is -0.146. The molecule has 1 heterocycles. The standard InChI is InChI=1S/C23H25ClN2O/c24-20-3-1-17(2-4-20)21-18-9-16-10-19(21)13-23(11-16,12-18)22(27)26-14-15-5-7-25-8-6-15/h1-8,16,18-19,21H,9-14H2,(H,26,27). The van der Waals surface area contributed by atoms with Gasteiger partial charge in [-0.25, -0.2) is 0 Å². The van der Waals surface area contributed by atoms with Gasteiger partial charge >= 0.3 is 0 Å². The van der Waals surface area contributed by atoms with Gasteiger partial charge in [-0.1, -0.05) is 23.7 Å². The van der Waals surface area contributed by atoms with E-state index < -0.39 is 0 Å². The molecule has 4 bridgehead atoms. The Morgan fingerprint density at radius 2 is 1.70 bits per heavy atom. The molecular formula is C23H25ClN2O. The van der Waals surface area contributed by atoms with Crippen molar-refractivity contribution in [3.63, 3.8) is 0 Å². The van der Waals surface area contributed by atoms with Gasteiger partial charge in [0.05, 0.1) is 5.41 Å². The second-order valence-electron chi connectivity index (χ2n) is 8.87. The zero-order valence-electron chi connectivity index (χ0n) is 15.4. The molecule has 2 aromatic rings. The van der Waals surface area contributed by atoms with Crippen molar-refractivity contribution < 1.29 is 4.79 Å².